The molecule has 4 nitrogen and oxygen atoms in total. The van der Waals surface area contributed by atoms with Gasteiger partial charge in [0.1, 0.15) is 12.3 Å². The van der Waals surface area contributed by atoms with E-state index < -0.39 is 0 Å². The van der Waals surface area contributed by atoms with E-state index in [1.807, 2.05) is 48.9 Å². The zero-order valence-corrected chi connectivity index (χ0v) is 11.6. The van der Waals surface area contributed by atoms with Gasteiger partial charge in [-0.15, -0.1) is 0 Å². The lowest BCUT2D eigenvalue weighted by atomic mass is 10.2. The molecule has 19 heavy (non-hydrogen) atoms. The number of aromatic nitrogens is 1. The maximum atomic E-state index is 11.7. The van der Waals surface area contributed by atoms with Gasteiger partial charge in [0, 0.05) is 17.1 Å². The lowest BCUT2D eigenvalue weighted by molar-refractivity contribution is -0.145. The molecule has 0 atom stereocenters. The van der Waals surface area contributed by atoms with Gasteiger partial charge < -0.3 is 14.0 Å². The molecule has 2 rings (SSSR count). The number of carbonyl (C=O) groups excluding carboxylic acids is 1. The summed E-state index contributed by atoms with van der Waals surface area (Å²) in [6.45, 7) is 4.74. The zero-order chi connectivity index (χ0) is 13.8. The van der Waals surface area contributed by atoms with Gasteiger partial charge in [-0.05, 0) is 30.2 Å². The van der Waals surface area contributed by atoms with Crippen LogP contribution in [0.4, 0.5) is 0 Å². The van der Waals surface area contributed by atoms with Crippen molar-refractivity contribution in [3.05, 3.63) is 30.5 Å². The van der Waals surface area contributed by atoms with Gasteiger partial charge in [0.25, 0.3) is 0 Å². The highest BCUT2D eigenvalue weighted by atomic mass is 16.5. The Bertz CT molecular complexity index is 572. The number of esters is 1. The average molecular weight is 261 g/mol. The van der Waals surface area contributed by atoms with Gasteiger partial charge in [-0.25, -0.2) is 0 Å². The molecule has 0 saturated carbocycles. The van der Waals surface area contributed by atoms with Gasteiger partial charge in [-0.2, -0.15) is 0 Å². The monoisotopic (exact) mass is 261 g/mol. The van der Waals surface area contributed by atoms with E-state index in [2.05, 4.69) is 0 Å². The predicted molar refractivity (Wildman–Crippen MR) is 74.3 cm³/mol. The minimum Gasteiger partial charge on any atom is -0.497 e. The number of hydrogen-bond acceptors (Lipinski definition) is 3. The summed E-state index contributed by atoms with van der Waals surface area (Å²) in [4.78, 5) is 11.7. The van der Waals surface area contributed by atoms with Crippen LogP contribution in [0.5, 0.6) is 5.75 Å². The molecule has 0 amide bonds. The first-order valence-electron chi connectivity index (χ1n) is 6.38. The highest BCUT2D eigenvalue weighted by Gasteiger charge is 2.08. The van der Waals surface area contributed by atoms with Gasteiger partial charge in [0.15, 0.2) is 0 Å². The summed E-state index contributed by atoms with van der Waals surface area (Å²) in [6, 6.07) is 7.75. The molecule has 0 bridgehead atoms. The molecule has 0 fully saturated rings. The SMILES string of the molecule is COc1ccc2c(ccn2CC(=O)OCC(C)C)c1. The lowest BCUT2D eigenvalue weighted by Gasteiger charge is -2.09. The quantitative estimate of drug-likeness (QED) is 0.777. The predicted octanol–water partition coefficient (Wildman–Crippen LogP) is 2.85. The van der Waals surface area contributed by atoms with Crippen molar-refractivity contribution in [2.24, 2.45) is 5.92 Å². The number of nitrogens with zero attached hydrogens (tertiary/aromatic N) is 1. The van der Waals surface area contributed by atoms with Crippen LogP contribution < -0.4 is 4.74 Å². The number of carbonyl (C=O) groups is 1. The van der Waals surface area contributed by atoms with Gasteiger partial charge in [-0.3, -0.25) is 4.79 Å². The number of ether oxygens (including phenoxy) is 2. The molecule has 1 heterocycles. The second-order valence-electron chi connectivity index (χ2n) is 4.95. The van der Waals surface area contributed by atoms with Gasteiger partial charge in [-0.1, -0.05) is 13.8 Å². The maximum absolute atomic E-state index is 11.7. The van der Waals surface area contributed by atoms with E-state index in [1.54, 1.807) is 7.11 Å². The highest BCUT2D eigenvalue weighted by molar-refractivity contribution is 5.83. The summed E-state index contributed by atoms with van der Waals surface area (Å²) in [5.41, 5.74) is 1.00. The molecule has 0 aliphatic carbocycles. The summed E-state index contributed by atoms with van der Waals surface area (Å²) < 4.78 is 12.2. The molecule has 0 saturated heterocycles. The summed E-state index contributed by atoms with van der Waals surface area (Å²) in [7, 11) is 1.64. The molecule has 0 unspecified atom stereocenters. The second kappa shape index (κ2) is 5.78. The molecule has 2 aromatic rings. The molecule has 0 aliphatic rings. The Hall–Kier alpha value is -1.97. The van der Waals surface area contributed by atoms with Gasteiger partial charge in [0.2, 0.25) is 0 Å². The first kappa shape index (κ1) is 13.5. The third-order valence-electron chi connectivity index (χ3n) is 2.86. The van der Waals surface area contributed by atoms with Crippen LogP contribution in [0.2, 0.25) is 0 Å². The van der Waals surface area contributed by atoms with Crippen molar-refractivity contribution in [1.29, 1.82) is 0 Å². The average Bonchev–Trinajstić information content (AvgIpc) is 2.78. The number of hydrogen-bond donors (Lipinski definition) is 0. The first-order chi connectivity index (χ1) is 9.10. The summed E-state index contributed by atoms with van der Waals surface area (Å²) in [5, 5.41) is 1.05. The highest BCUT2D eigenvalue weighted by Crippen LogP contribution is 2.21. The largest absolute Gasteiger partial charge is 0.497 e. The smallest absolute Gasteiger partial charge is 0.325 e. The summed E-state index contributed by atoms with van der Waals surface area (Å²) in [5.74, 6) is 0.962. The summed E-state index contributed by atoms with van der Waals surface area (Å²) >= 11 is 0. The van der Waals surface area contributed by atoms with E-state index in [1.165, 1.54) is 0 Å². The summed E-state index contributed by atoms with van der Waals surface area (Å²) in [6.07, 6.45) is 1.89. The van der Waals surface area contributed by atoms with Crippen LogP contribution in [0.3, 0.4) is 0 Å². The van der Waals surface area contributed by atoms with Crippen molar-refractivity contribution in [2.45, 2.75) is 20.4 Å². The van der Waals surface area contributed by atoms with Crippen LogP contribution in [0.1, 0.15) is 13.8 Å². The fraction of sp³-hybridized carbons (Fsp3) is 0.400. The topological polar surface area (TPSA) is 40.5 Å². The molecule has 102 valence electrons. The molecule has 1 aromatic heterocycles. The van der Waals surface area contributed by atoms with Crippen molar-refractivity contribution in [2.75, 3.05) is 13.7 Å². The van der Waals surface area contributed by atoms with Crippen molar-refractivity contribution >= 4 is 16.9 Å². The van der Waals surface area contributed by atoms with Gasteiger partial charge >= 0.3 is 5.97 Å². The standard InChI is InChI=1S/C15H19NO3/c1-11(2)10-19-15(17)9-16-7-6-12-8-13(18-3)4-5-14(12)16/h4-8,11H,9-10H2,1-3H3. The number of fused-ring (bicyclic) bond motifs is 1. The molecule has 1 aromatic carbocycles. The Kier molecular flexibility index (Phi) is 4.10. The molecular weight excluding hydrogens is 242 g/mol. The van der Waals surface area contributed by atoms with E-state index in [0.29, 0.717) is 12.5 Å². The Balaban J connectivity index is 2.11. The van der Waals surface area contributed by atoms with Crippen LogP contribution in [0.15, 0.2) is 30.5 Å². The van der Waals surface area contributed by atoms with E-state index in [9.17, 15) is 4.79 Å². The Morgan fingerprint density at radius 1 is 1.32 bits per heavy atom. The Morgan fingerprint density at radius 2 is 2.11 bits per heavy atom. The lowest BCUT2D eigenvalue weighted by Crippen LogP contribution is -2.15. The maximum Gasteiger partial charge on any atom is 0.325 e. The van der Waals surface area contributed by atoms with Crippen molar-refractivity contribution in [1.82, 2.24) is 4.57 Å². The second-order valence-corrected chi connectivity index (χ2v) is 4.95. The Labute approximate surface area is 112 Å². The molecule has 0 aliphatic heterocycles. The molecule has 4 heteroatoms. The fourth-order valence-corrected chi connectivity index (χ4v) is 1.89. The van der Waals surface area contributed by atoms with Crippen LogP contribution in [0, 0.1) is 5.92 Å². The van der Waals surface area contributed by atoms with E-state index >= 15 is 0 Å². The third kappa shape index (κ3) is 3.28. The molecule has 0 radical (unpaired) electrons. The van der Waals surface area contributed by atoms with Gasteiger partial charge in [0.05, 0.1) is 13.7 Å². The van der Waals surface area contributed by atoms with E-state index in [-0.39, 0.29) is 12.5 Å². The number of benzene rings is 1. The normalized spacial score (nSPS) is 10.9. The van der Waals surface area contributed by atoms with E-state index in [0.717, 1.165) is 16.7 Å². The Morgan fingerprint density at radius 3 is 2.79 bits per heavy atom. The number of methoxy groups -OCH3 is 1. The van der Waals surface area contributed by atoms with Crippen molar-refractivity contribution in [3.8, 4) is 5.75 Å². The van der Waals surface area contributed by atoms with E-state index in [4.69, 9.17) is 9.47 Å². The third-order valence-corrected chi connectivity index (χ3v) is 2.86. The molecule has 0 N–H and O–H groups in total. The van der Waals surface area contributed by atoms with Crippen LogP contribution in [-0.4, -0.2) is 24.3 Å². The van der Waals surface area contributed by atoms with Crippen LogP contribution >= 0.6 is 0 Å². The minimum absolute atomic E-state index is 0.206. The van der Waals surface area contributed by atoms with Crippen molar-refractivity contribution < 1.29 is 14.3 Å². The molecular formula is C15H19NO3. The fourth-order valence-electron chi connectivity index (χ4n) is 1.89. The van der Waals surface area contributed by atoms with Crippen molar-refractivity contribution in [3.63, 3.8) is 0 Å². The first-order valence-corrected chi connectivity index (χ1v) is 6.38. The molecule has 0 spiro atoms. The minimum atomic E-state index is -0.206. The van der Waals surface area contributed by atoms with Crippen LogP contribution in [-0.2, 0) is 16.1 Å². The van der Waals surface area contributed by atoms with Crippen LogP contribution in [0.25, 0.3) is 10.9 Å². The zero-order valence-electron chi connectivity index (χ0n) is 11.6. The number of rotatable bonds is 5.